The molecule has 104 valence electrons. The molecular formula is C14H20N2O3. The van der Waals surface area contributed by atoms with Gasteiger partial charge in [0.1, 0.15) is 11.5 Å². The van der Waals surface area contributed by atoms with Gasteiger partial charge in [0.25, 0.3) is 0 Å². The Bertz CT molecular complexity index is 444. The first-order valence-corrected chi connectivity index (χ1v) is 6.05. The monoisotopic (exact) mass is 264 g/mol. The summed E-state index contributed by atoms with van der Waals surface area (Å²) in [5, 5.41) is 2.94. The average molecular weight is 264 g/mol. The highest BCUT2D eigenvalue weighted by molar-refractivity contribution is 5.95. The lowest BCUT2D eigenvalue weighted by atomic mass is 10.1. The molecule has 1 aromatic rings. The van der Waals surface area contributed by atoms with E-state index in [9.17, 15) is 4.79 Å². The Morgan fingerprint density at radius 3 is 2.79 bits per heavy atom. The molecule has 3 N–H and O–H groups in total. The van der Waals surface area contributed by atoms with Crippen LogP contribution < -0.4 is 20.5 Å². The van der Waals surface area contributed by atoms with Crippen LogP contribution in [0.15, 0.2) is 24.3 Å². The maximum Gasteiger partial charge on any atom is 0.169 e. The molecule has 0 spiro atoms. The fraction of sp³-hybridized carbons (Fsp3) is 0.357. The Hall–Kier alpha value is -1.85. The molecule has 0 atom stereocenters. The summed E-state index contributed by atoms with van der Waals surface area (Å²) in [6.45, 7) is 1.43. The fourth-order valence-corrected chi connectivity index (χ4v) is 1.51. The van der Waals surface area contributed by atoms with E-state index in [0.29, 0.717) is 24.6 Å². The summed E-state index contributed by atoms with van der Waals surface area (Å²) in [7, 11) is 3.17. The number of benzene rings is 1. The van der Waals surface area contributed by atoms with Crippen molar-refractivity contribution in [3.8, 4) is 11.5 Å². The molecule has 0 amide bonds. The summed E-state index contributed by atoms with van der Waals surface area (Å²) >= 11 is 0. The van der Waals surface area contributed by atoms with Crippen molar-refractivity contribution in [2.75, 3.05) is 33.9 Å². The first-order chi connectivity index (χ1) is 9.21. The van der Waals surface area contributed by atoms with Crippen LogP contribution in [-0.4, -0.2) is 39.6 Å². The molecule has 0 aliphatic heterocycles. The van der Waals surface area contributed by atoms with Gasteiger partial charge in [0.15, 0.2) is 5.78 Å². The fourth-order valence-electron chi connectivity index (χ4n) is 1.51. The number of nitrogens with one attached hydrogen (secondary N) is 1. The van der Waals surface area contributed by atoms with Gasteiger partial charge in [0, 0.05) is 24.7 Å². The van der Waals surface area contributed by atoms with Crippen LogP contribution >= 0.6 is 0 Å². The lowest BCUT2D eigenvalue weighted by Crippen LogP contribution is -2.27. The van der Waals surface area contributed by atoms with Gasteiger partial charge in [-0.15, -0.1) is 0 Å². The highest BCUT2D eigenvalue weighted by atomic mass is 16.5. The standard InChI is InChI=1S/C14H20N2O3/c1-18-13-6-4-11(14(9-13)19-2)3-5-12(17)10-16-8-7-15/h3-6,9,16H,7-8,10,15H2,1-2H3/b5-3+. The van der Waals surface area contributed by atoms with Crippen molar-refractivity contribution in [1.82, 2.24) is 5.32 Å². The Kier molecular flexibility index (Phi) is 6.63. The molecule has 0 saturated carbocycles. The third kappa shape index (κ3) is 5.11. The first-order valence-electron chi connectivity index (χ1n) is 6.05. The van der Waals surface area contributed by atoms with Gasteiger partial charge in [-0.1, -0.05) is 0 Å². The zero-order chi connectivity index (χ0) is 14.1. The molecule has 1 rings (SSSR count). The number of hydrogen-bond donors (Lipinski definition) is 2. The molecular weight excluding hydrogens is 244 g/mol. The van der Waals surface area contributed by atoms with E-state index in [1.807, 2.05) is 12.1 Å². The predicted molar refractivity (Wildman–Crippen MR) is 75.5 cm³/mol. The van der Waals surface area contributed by atoms with Gasteiger partial charge in [-0.05, 0) is 24.3 Å². The van der Waals surface area contributed by atoms with Crippen molar-refractivity contribution in [3.63, 3.8) is 0 Å². The van der Waals surface area contributed by atoms with E-state index >= 15 is 0 Å². The summed E-state index contributed by atoms with van der Waals surface area (Å²) in [6.07, 6.45) is 3.25. The molecule has 0 radical (unpaired) electrons. The van der Waals surface area contributed by atoms with E-state index in [0.717, 1.165) is 5.56 Å². The molecule has 0 aliphatic carbocycles. The van der Waals surface area contributed by atoms with Crippen molar-refractivity contribution in [1.29, 1.82) is 0 Å². The molecule has 19 heavy (non-hydrogen) atoms. The lowest BCUT2D eigenvalue weighted by Gasteiger charge is -2.07. The number of nitrogens with two attached hydrogens (primary N) is 1. The molecule has 1 aromatic carbocycles. The summed E-state index contributed by atoms with van der Waals surface area (Å²) < 4.78 is 10.4. The molecule has 0 aromatic heterocycles. The zero-order valence-electron chi connectivity index (χ0n) is 11.3. The Labute approximate surface area is 113 Å². The minimum absolute atomic E-state index is 0.00804. The molecule has 0 saturated heterocycles. The summed E-state index contributed by atoms with van der Waals surface area (Å²) in [5.74, 6) is 1.37. The van der Waals surface area contributed by atoms with Gasteiger partial charge in [-0.2, -0.15) is 0 Å². The summed E-state index contributed by atoms with van der Waals surface area (Å²) in [5.41, 5.74) is 6.15. The van der Waals surface area contributed by atoms with E-state index < -0.39 is 0 Å². The molecule has 0 unspecified atom stereocenters. The molecule has 0 aliphatic rings. The molecule has 5 heteroatoms. The van der Waals surface area contributed by atoms with Crippen molar-refractivity contribution in [2.45, 2.75) is 0 Å². The van der Waals surface area contributed by atoms with E-state index in [-0.39, 0.29) is 12.3 Å². The first kappa shape index (κ1) is 15.2. The number of ketones is 1. The van der Waals surface area contributed by atoms with Crippen molar-refractivity contribution in [2.24, 2.45) is 5.73 Å². The van der Waals surface area contributed by atoms with Crippen LogP contribution in [0.25, 0.3) is 6.08 Å². The second kappa shape index (κ2) is 8.29. The number of ether oxygens (including phenoxy) is 2. The second-order valence-electron chi connectivity index (χ2n) is 3.87. The predicted octanol–water partition coefficient (Wildman–Crippen LogP) is 0.834. The van der Waals surface area contributed by atoms with Gasteiger partial charge in [-0.3, -0.25) is 4.79 Å². The third-order valence-electron chi connectivity index (χ3n) is 2.51. The van der Waals surface area contributed by atoms with Gasteiger partial charge < -0.3 is 20.5 Å². The zero-order valence-corrected chi connectivity index (χ0v) is 11.3. The Balaban J connectivity index is 2.67. The average Bonchev–Trinajstić information content (AvgIpc) is 2.45. The lowest BCUT2D eigenvalue weighted by molar-refractivity contribution is -0.113. The maximum absolute atomic E-state index is 11.6. The number of rotatable bonds is 8. The number of carbonyl (C=O) groups is 1. The quantitative estimate of drug-likeness (QED) is 0.537. The minimum Gasteiger partial charge on any atom is -0.497 e. The Morgan fingerprint density at radius 2 is 2.16 bits per heavy atom. The number of methoxy groups -OCH3 is 2. The highest BCUT2D eigenvalue weighted by Gasteiger charge is 2.03. The SMILES string of the molecule is COc1ccc(/C=C/C(=O)CNCCN)c(OC)c1. The summed E-state index contributed by atoms with van der Waals surface area (Å²) in [6, 6.07) is 5.44. The van der Waals surface area contributed by atoms with Crippen LogP contribution in [0.2, 0.25) is 0 Å². The third-order valence-corrected chi connectivity index (χ3v) is 2.51. The number of hydrogen-bond acceptors (Lipinski definition) is 5. The van der Waals surface area contributed by atoms with E-state index in [4.69, 9.17) is 15.2 Å². The van der Waals surface area contributed by atoms with Crippen molar-refractivity contribution in [3.05, 3.63) is 29.8 Å². The number of carbonyl (C=O) groups excluding carboxylic acids is 1. The van der Waals surface area contributed by atoms with E-state index in [1.54, 1.807) is 26.4 Å². The maximum atomic E-state index is 11.6. The van der Waals surface area contributed by atoms with Gasteiger partial charge in [0.2, 0.25) is 0 Å². The van der Waals surface area contributed by atoms with Crippen molar-refractivity contribution >= 4 is 11.9 Å². The second-order valence-corrected chi connectivity index (χ2v) is 3.87. The normalized spacial score (nSPS) is 10.7. The highest BCUT2D eigenvalue weighted by Crippen LogP contribution is 2.25. The molecule has 0 heterocycles. The minimum atomic E-state index is -0.00804. The van der Waals surface area contributed by atoms with Crippen LogP contribution in [0.1, 0.15) is 5.56 Å². The van der Waals surface area contributed by atoms with Crippen LogP contribution in [0.3, 0.4) is 0 Å². The van der Waals surface area contributed by atoms with Gasteiger partial charge in [0.05, 0.1) is 20.8 Å². The molecule has 0 fully saturated rings. The Morgan fingerprint density at radius 1 is 1.37 bits per heavy atom. The smallest absolute Gasteiger partial charge is 0.169 e. The van der Waals surface area contributed by atoms with Gasteiger partial charge in [-0.25, -0.2) is 0 Å². The van der Waals surface area contributed by atoms with Crippen LogP contribution in [-0.2, 0) is 4.79 Å². The molecule has 5 nitrogen and oxygen atoms in total. The van der Waals surface area contributed by atoms with Crippen molar-refractivity contribution < 1.29 is 14.3 Å². The van der Waals surface area contributed by atoms with E-state index in [2.05, 4.69) is 5.32 Å². The van der Waals surface area contributed by atoms with E-state index in [1.165, 1.54) is 6.08 Å². The summed E-state index contributed by atoms with van der Waals surface area (Å²) in [4.78, 5) is 11.6. The topological polar surface area (TPSA) is 73.6 Å². The van der Waals surface area contributed by atoms with Crippen LogP contribution in [0, 0.1) is 0 Å². The van der Waals surface area contributed by atoms with Crippen LogP contribution in [0.5, 0.6) is 11.5 Å². The molecule has 0 bridgehead atoms. The van der Waals surface area contributed by atoms with Gasteiger partial charge >= 0.3 is 0 Å². The largest absolute Gasteiger partial charge is 0.497 e. The van der Waals surface area contributed by atoms with Crippen LogP contribution in [0.4, 0.5) is 0 Å².